The molecule has 0 aliphatic carbocycles. The number of nitrogens with zero attached hydrogens (tertiary/aromatic N) is 2. The van der Waals surface area contributed by atoms with Crippen LogP contribution in [-0.2, 0) is 0 Å². The molecule has 0 saturated carbocycles. The highest BCUT2D eigenvalue weighted by Gasteiger charge is 2.23. The third-order valence-corrected chi connectivity index (χ3v) is 11.3. The molecule has 0 atom stereocenters. The van der Waals surface area contributed by atoms with Crippen molar-refractivity contribution >= 4 is 71.2 Å². The minimum absolute atomic E-state index is 1.09. The van der Waals surface area contributed by atoms with E-state index in [0.29, 0.717) is 0 Å². The van der Waals surface area contributed by atoms with E-state index in [-0.39, 0.29) is 0 Å². The largest absolute Gasteiger partial charge is 0.309 e. The Morgan fingerprint density at radius 3 is 1.73 bits per heavy atom. The van der Waals surface area contributed by atoms with E-state index < -0.39 is 0 Å². The van der Waals surface area contributed by atoms with Crippen LogP contribution in [0.15, 0.2) is 218 Å². The summed E-state index contributed by atoms with van der Waals surface area (Å²) in [7, 11) is 0. The fourth-order valence-electron chi connectivity index (χ4n) is 8.89. The molecular weight excluding hydrogens is 677 g/mol. The Hall–Kier alpha value is -7.42. The molecule has 262 valence electrons. The van der Waals surface area contributed by atoms with Crippen LogP contribution in [0.4, 0.5) is 17.1 Å². The van der Waals surface area contributed by atoms with Gasteiger partial charge in [-0.15, -0.1) is 0 Å². The van der Waals surface area contributed by atoms with E-state index in [9.17, 15) is 0 Å². The Kier molecular flexibility index (Phi) is 7.53. The van der Waals surface area contributed by atoms with E-state index >= 15 is 0 Å². The molecule has 1 heterocycles. The maximum absolute atomic E-state index is 2.46. The van der Waals surface area contributed by atoms with Gasteiger partial charge in [0.05, 0.1) is 22.4 Å². The van der Waals surface area contributed by atoms with Crippen molar-refractivity contribution in [2.45, 2.75) is 0 Å². The summed E-state index contributed by atoms with van der Waals surface area (Å²) in [6, 6.07) is 79.4. The Labute approximate surface area is 325 Å². The van der Waals surface area contributed by atoms with Crippen molar-refractivity contribution in [3.05, 3.63) is 218 Å². The summed E-state index contributed by atoms with van der Waals surface area (Å²) < 4.78 is 2.40. The lowest BCUT2D eigenvalue weighted by Gasteiger charge is -2.29. The summed E-state index contributed by atoms with van der Waals surface area (Å²) in [5, 5.41) is 10.1. The first-order chi connectivity index (χ1) is 27.8. The highest BCUT2D eigenvalue weighted by molar-refractivity contribution is 6.23. The van der Waals surface area contributed by atoms with Crippen molar-refractivity contribution in [3.63, 3.8) is 0 Å². The smallest absolute Gasteiger partial charge is 0.0562 e. The molecule has 10 aromatic carbocycles. The molecule has 11 rings (SSSR count). The molecule has 0 spiro atoms. The van der Waals surface area contributed by atoms with Gasteiger partial charge >= 0.3 is 0 Å². The van der Waals surface area contributed by atoms with Gasteiger partial charge in [0.1, 0.15) is 0 Å². The van der Waals surface area contributed by atoms with Gasteiger partial charge < -0.3 is 9.47 Å². The summed E-state index contributed by atoms with van der Waals surface area (Å²) >= 11 is 0. The van der Waals surface area contributed by atoms with Crippen LogP contribution in [0.3, 0.4) is 0 Å². The Bertz CT molecular complexity index is 3230. The van der Waals surface area contributed by atoms with Crippen molar-refractivity contribution < 1.29 is 0 Å². The minimum Gasteiger partial charge on any atom is -0.309 e. The highest BCUT2D eigenvalue weighted by Crippen LogP contribution is 2.47. The molecule has 0 unspecified atom stereocenters. The summed E-state index contributed by atoms with van der Waals surface area (Å²) in [6.45, 7) is 0. The van der Waals surface area contributed by atoms with E-state index in [1.165, 1.54) is 76.4 Å². The van der Waals surface area contributed by atoms with Gasteiger partial charge in [-0.25, -0.2) is 0 Å². The van der Waals surface area contributed by atoms with Crippen molar-refractivity contribution in [1.82, 2.24) is 4.57 Å². The first kappa shape index (κ1) is 32.0. The van der Waals surface area contributed by atoms with Crippen molar-refractivity contribution in [2.24, 2.45) is 0 Å². The van der Waals surface area contributed by atoms with E-state index in [0.717, 1.165) is 22.7 Å². The van der Waals surface area contributed by atoms with Crippen molar-refractivity contribution in [3.8, 4) is 27.9 Å². The molecule has 0 aliphatic heterocycles. The average molecular weight is 713 g/mol. The number of anilines is 3. The molecule has 1 aromatic heterocycles. The van der Waals surface area contributed by atoms with Crippen LogP contribution in [0.5, 0.6) is 0 Å². The number of aromatic nitrogens is 1. The number of benzene rings is 10. The predicted molar refractivity (Wildman–Crippen MR) is 239 cm³/mol. The van der Waals surface area contributed by atoms with Crippen LogP contribution in [-0.4, -0.2) is 4.57 Å². The summed E-state index contributed by atoms with van der Waals surface area (Å²) in [5.74, 6) is 0. The number of hydrogen-bond acceptors (Lipinski definition) is 1. The molecule has 0 radical (unpaired) electrons. The standard InChI is InChI=1S/C54H36N2/c1-3-16-37(17-4-1)43-21-11-13-26-49(43)56(52-29-15-28-51-54(52)47-25-12-14-27-50(47)55(51)41-19-5-2-6-20-41)42-34-32-39(33-35-42)48-36-40-31-30-38-18-7-8-22-44(38)53(40)46-24-10-9-23-45(46)48/h1-36H. The lowest BCUT2D eigenvalue weighted by molar-refractivity contribution is 1.18. The normalized spacial score (nSPS) is 11.6. The third kappa shape index (κ3) is 5.11. The molecule has 56 heavy (non-hydrogen) atoms. The van der Waals surface area contributed by atoms with Crippen LogP contribution >= 0.6 is 0 Å². The molecule has 0 bridgehead atoms. The molecule has 0 fully saturated rings. The maximum Gasteiger partial charge on any atom is 0.0562 e. The molecule has 2 heteroatoms. The van der Waals surface area contributed by atoms with E-state index in [1.54, 1.807) is 0 Å². The second-order valence-corrected chi connectivity index (χ2v) is 14.5. The van der Waals surface area contributed by atoms with Crippen LogP contribution in [0.1, 0.15) is 0 Å². The van der Waals surface area contributed by atoms with Crippen LogP contribution in [0.2, 0.25) is 0 Å². The fraction of sp³-hybridized carbons (Fsp3) is 0. The second kappa shape index (κ2) is 13.2. The van der Waals surface area contributed by atoms with Crippen LogP contribution < -0.4 is 4.90 Å². The highest BCUT2D eigenvalue weighted by atomic mass is 15.1. The summed E-state index contributed by atoms with van der Waals surface area (Å²) in [5.41, 5.74) is 11.6. The van der Waals surface area contributed by atoms with Crippen LogP contribution in [0, 0.1) is 0 Å². The number of rotatable bonds is 6. The fourth-order valence-corrected chi connectivity index (χ4v) is 8.89. The van der Waals surface area contributed by atoms with E-state index in [4.69, 9.17) is 0 Å². The monoisotopic (exact) mass is 712 g/mol. The molecular formula is C54H36N2. The maximum atomic E-state index is 2.46. The lowest BCUT2D eigenvalue weighted by atomic mass is 9.90. The van der Waals surface area contributed by atoms with Gasteiger partial charge in [-0.1, -0.05) is 164 Å². The average Bonchev–Trinajstić information content (AvgIpc) is 3.62. The third-order valence-electron chi connectivity index (χ3n) is 11.3. The van der Waals surface area contributed by atoms with E-state index in [1.807, 2.05) is 0 Å². The molecule has 0 amide bonds. The first-order valence-corrected chi connectivity index (χ1v) is 19.3. The SMILES string of the molecule is c1ccc(-c2ccccc2N(c2ccc(-c3cc4ccc5ccccc5c4c4ccccc34)cc2)c2cccc3c2c2ccccc2n3-c2ccccc2)cc1. The van der Waals surface area contributed by atoms with Gasteiger partial charge in [-0.3, -0.25) is 0 Å². The molecule has 2 nitrogen and oxygen atoms in total. The Balaban J connectivity index is 1.15. The summed E-state index contributed by atoms with van der Waals surface area (Å²) in [4.78, 5) is 2.46. The first-order valence-electron chi connectivity index (χ1n) is 19.3. The van der Waals surface area contributed by atoms with Gasteiger partial charge in [0.2, 0.25) is 0 Å². The summed E-state index contributed by atoms with van der Waals surface area (Å²) in [6.07, 6.45) is 0. The van der Waals surface area contributed by atoms with Gasteiger partial charge in [-0.05, 0) is 104 Å². The number of para-hydroxylation sites is 3. The second-order valence-electron chi connectivity index (χ2n) is 14.5. The van der Waals surface area contributed by atoms with Crippen molar-refractivity contribution in [2.75, 3.05) is 4.90 Å². The minimum atomic E-state index is 1.09. The Morgan fingerprint density at radius 2 is 0.911 bits per heavy atom. The lowest BCUT2D eigenvalue weighted by Crippen LogP contribution is -2.11. The molecule has 0 aliphatic rings. The zero-order valence-corrected chi connectivity index (χ0v) is 30.7. The van der Waals surface area contributed by atoms with Gasteiger partial charge in [0.25, 0.3) is 0 Å². The molecule has 0 saturated heterocycles. The predicted octanol–water partition coefficient (Wildman–Crippen LogP) is 15.0. The van der Waals surface area contributed by atoms with Crippen LogP contribution in [0.25, 0.3) is 82.1 Å². The Morgan fingerprint density at radius 1 is 0.321 bits per heavy atom. The van der Waals surface area contributed by atoms with Gasteiger partial charge in [-0.2, -0.15) is 0 Å². The molecule has 11 aromatic rings. The van der Waals surface area contributed by atoms with Gasteiger partial charge in [0.15, 0.2) is 0 Å². The van der Waals surface area contributed by atoms with Crippen molar-refractivity contribution in [1.29, 1.82) is 0 Å². The van der Waals surface area contributed by atoms with E-state index in [2.05, 4.69) is 228 Å². The quantitative estimate of drug-likeness (QED) is 0.156. The number of hydrogen-bond donors (Lipinski definition) is 0. The molecule has 0 N–H and O–H groups in total. The zero-order valence-electron chi connectivity index (χ0n) is 30.7. The topological polar surface area (TPSA) is 8.17 Å². The zero-order chi connectivity index (χ0) is 37.0. The number of fused-ring (bicyclic) bond motifs is 8. The van der Waals surface area contributed by atoms with Gasteiger partial charge in [0, 0.05) is 27.7 Å².